The third kappa shape index (κ3) is 2.89. The fourth-order valence-corrected chi connectivity index (χ4v) is 16.3. The SMILES string of the molecule is N#Cc1cc2c(c3c1C1c4ccccc4C4c5ccccc5C341)c1cc3c4cccc5cccc(c(=O)c3c3c6c7c(c(C#N)cc6n2c13)C1c2ccccc2C2c3ccccc3C721)c54. The van der Waals surface area contributed by atoms with Crippen molar-refractivity contribution in [3.8, 4) is 12.1 Å². The molecule has 4 heteroatoms. The molecule has 0 fully saturated rings. The van der Waals surface area contributed by atoms with Crippen LogP contribution in [0, 0.1) is 22.7 Å². The van der Waals surface area contributed by atoms with Crippen molar-refractivity contribution in [3.63, 3.8) is 0 Å². The molecular weight excluding hydrogens is 791 g/mol. The summed E-state index contributed by atoms with van der Waals surface area (Å²) in [4.78, 5) is 15.7. The van der Waals surface area contributed by atoms with Crippen LogP contribution in [-0.2, 0) is 10.8 Å². The van der Waals surface area contributed by atoms with Gasteiger partial charge in [-0.1, -0.05) is 133 Å². The Morgan fingerprint density at radius 1 is 0.431 bits per heavy atom. The zero-order valence-corrected chi connectivity index (χ0v) is 34.5. The third-order valence-corrected chi connectivity index (χ3v) is 18.0. The molecule has 2 spiro atoms. The number of fused-ring (bicyclic) bond motifs is 25. The molecular formula is C61H29N3O. The van der Waals surface area contributed by atoms with Gasteiger partial charge in [0.15, 0.2) is 5.43 Å². The van der Waals surface area contributed by atoms with E-state index in [0.29, 0.717) is 11.1 Å². The summed E-state index contributed by atoms with van der Waals surface area (Å²) in [6.07, 6.45) is 0. The lowest BCUT2D eigenvalue weighted by Crippen LogP contribution is -2.53. The molecule has 6 aliphatic rings. The summed E-state index contributed by atoms with van der Waals surface area (Å²) < 4.78 is 2.38. The summed E-state index contributed by atoms with van der Waals surface area (Å²) in [6, 6.07) is 60.3. The largest absolute Gasteiger partial charge is 0.308 e. The van der Waals surface area contributed by atoms with Crippen molar-refractivity contribution in [2.75, 3.05) is 0 Å². The number of aromatic nitrogens is 1. The quantitative estimate of drug-likeness (QED) is 0.113. The number of benzene rings is 10. The highest BCUT2D eigenvalue weighted by Crippen LogP contribution is 2.81. The van der Waals surface area contributed by atoms with Crippen LogP contribution in [0.25, 0.3) is 70.4 Å². The van der Waals surface area contributed by atoms with Gasteiger partial charge in [-0.2, -0.15) is 10.5 Å². The standard InChI is InChI=1S/C61H29N3O/c62-26-29-23-43-48(56-46(29)54-34-15-3-1-13-32(34)52-36-17-5-7-21-41(36)60(52,54)56)40-25-39-31-19-9-11-28-12-10-20-38(45(28)31)59(65)49(39)51-50-44(64(43)58(40)51)24-30(27-63)47-55-35-16-4-2-14-33(35)53-37-18-6-8-22-42(37)61(53,55)57(47)50/h1-25,52-55H. The smallest absolute Gasteiger partial charge is 0.195 e. The minimum atomic E-state index is -0.372. The number of hydrogen-bond donors (Lipinski definition) is 0. The molecule has 294 valence electrons. The van der Waals surface area contributed by atoms with E-state index in [4.69, 9.17) is 0 Å². The van der Waals surface area contributed by atoms with Crippen LogP contribution in [0.3, 0.4) is 0 Å². The van der Waals surface area contributed by atoms with E-state index in [1.54, 1.807) is 0 Å². The minimum absolute atomic E-state index is 0.0334. The van der Waals surface area contributed by atoms with E-state index < -0.39 is 0 Å². The van der Waals surface area contributed by atoms with Crippen molar-refractivity contribution in [2.24, 2.45) is 0 Å². The third-order valence-electron chi connectivity index (χ3n) is 18.0. The Hall–Kier alpha value is -8.31. The van der Waals surface area contributed by atoms with Gasteiger partial charge in [-0.25, -0.2) is 0 Å². The lowest BCUT2D eigenvalue weighted by molar-refractivity contribution is 0.336. The van der Waals surface area contributed by atoms with Crippen molar-refractivity contribution in [1.82, 2.24) is 4.40 Å². The maximum atomic E-state index is 15.7. The van der Waals surface area contributed by atoms with E-state index in [0.717, 1.165) is 76.2 Å². The second kappa shape index (κ2) is 9.90. The highest BCUT2D eigenvalue weighted by molar-refractivity contribution is 6.37. The van der Waals surface area contributed by atoms with Gasteiger partial charge in [-0.05, 0) is 101 Å². The first-order valence-corrected chi connectivity index (χ1v) is 22.8. The summed E-state index contributed by atoms with van der Waals surface area (Å²) >= 11 is 0. The predicted molar refractivity (Wildman–Crippen MR) is 255 cm³/mol. The number of nitrogens with zero attached hydrogens (tertiary/aromatic N) is 3. The van der Waals surface area contributed by atoms with Crippen LogP contribution in [-0.4, -0.2) is 4.40 Å². The second-order valence-electron chi connectivity index (χ2n) is 19.8. The van der Waals surface area contributed by atoms with E-state index in [2.05, 4.69) is 156 Å². The van der Waals surface area contributed by atoms with Crippen LogP contribution in [0.4, 0.5) is 0 Å². The molecule has 2 heterocycles. The average molecular weight is 820 g/mol. The molecule has 65 heavy (non-hydrogen) atoms. The van der Waals surface area contributed by atoms with Crippen molar-refractivity contribution >= 4 is 70.4 Å². The van der Waals surface area contributed by atoms with Crippen molar-refractivity contribution in [3.05, 3.63) is 240 Å². The molecule has 0 amide bonds. The number of nitriles is 2. The molecule has 0 radical (unpaired) electrons. The monoisotopic (exact) mass is 819 g/mol. The fourth-order valence-electron chi connectivity index (χ4n) is 16.3. The van der Waals surface area contributed by atoms with Crippen molar-refractivity contribution in [2.45, 2.75) is 34.5 Å². The first kappa shape index (κ1) is 32.4. The first-order valence-electron chi connectivity index (χ1n) is 22.8. The summed E-state index contributed by atoms with van der Waals surface area (Å²) in [5.74, 6) is 0.424. The molecule has 18 rings (SSSR count). The highest BCUT2D eigenvalue weighted by atomic mass is 16.1. The van der Waals surface area contributed by atoms with Crippen molar-refractivity contribution < 1.29 is 0 Å². The van der Waals surface area contributed by atoms with Gasteiger partial charge < -0.3 is 4.40 Å². The van der Waals surface area contributed by atoms with Gasteiger partial charge in [0, 0.05) is 72.2 Å². The molecule has 10 aromatic carbocycles. The average Bonchev–Trinajstić information content (AvgIpc) is 3.96. The van der Waals surface area contributed by atoms with Gasteiger partial charge in [-0.3, -0.25) is 4.79 Å². The molecule has 6 aliphatic carbocycles. The Morgan fingerprint density at radius 2 is 0.923 bits per heavy atom. The molecule has 0 saturated heterocycles. The Labute approximate surface area is 370 Å². The Bertz CT molecular complexity index is 4570. The van der Waals surface area contributed by atoms with E-state index in [1.807, 2.05) is 12.1 Å². The van der Waals surface area contributed by atoms with Crippen LogP contribution in [0.15, 0.2) is 156 Å². The first-order chi connectivity index (χ1) is 32.1. The minimum Gasteiger partial charge on any atom is -0.308 e. The van der Waals surface area contributed by atoms with E-state index >= 15 is 4.79 Å². The zero-order valence-electron chi connectivity index (χ0n) is 34.5. The Balaban J connectivity index is 1.11. The van der Waals surface area contributed by atoms with Crippen LogP contribution in [0.5, 0.6) is 0 Å². The highest BCUT2D eigenvalue weighted by Gasteiger charge is 2.72. The van der Waals surface area contributed by atoms with Crippen LogP contribution < -0.4 is 5.43 Å². The lowest BCUT2D eigenvalue weighted by atomic mass is 9.42. The molecule has 12 aromatic rings. The van der Waals surface area contributed by atoms with E-state index in [-0.39, 0.29) is 39.9 Å². The summed E-state index contributed by atoms with van der Waals surface area (Å²) in [5.41, 5.74) is 19.1. The van der Waals surface area contributed by atoms with Crippen LogP contribution in [0.2, 0.25) is 0 Å². The maximum Gasteiger partial charge on any atom is 0.195 e. The van der Waals surface area contributed by atoms with Crippen LogP contribution >= 0.6 is 0 Å². The van der Waals surface area contributed by atoms with Crippen molar-refractivity contribution in [1.29, 1.82) is 10.5 Å². The summed E-state index contributed by atoms with van der Waals surface area (Å²) in [5, 5.41) is 32.5. The van der Waals surface area contributed by atoms with Crippen LogP contribution in [0.1, 0.15) is 102 Å². The molecule has 0 bridgehead atoms. The maximum absolute atomic E-state index is 15.7. The van der Waals surface area contributed by atoms with E-state index in [1.165, 1.54) is 61.0 Å². The Morgan fingerprint density at radius 3 is 1.49 bits per heavy atom. The van der Waals surface area contributed by atoms with Gasteiger partial charge in [0.2, 0.25) is 0 Å². The van der Waals surface area contributed by atoms with E-state index in [9.17, 15) is 10.5 Å². The summed E-state index contributed by atoms with van der Waals surface area (Å²) in [6.45, 7) is 0. The number of rotatable bonds is 0. The fraction of sp³-hybridized carbons (Fsp3) is 0.0984. The molecule has 6 unspecified atom stereocenters. The van der Waals surface area contributed by atoms with Gasteiger partial charge in [0.1, 0.15) is 0 Å². The molecule has 0 N–H and O–H groups in total. The molecule has 6 atom stereocenters. The molecule has 0 saturated carbocycles. The molecule has 2 aromatic heterocycles. The lowest BCUT2D eigenvalue weighted by Gasteiger charge is -2.59. The van der Waals surface area contributed by atoms with Gasteiger partial charge in [0.05, 0.1) is 39.8 Å². The Kier molecular flexibility index (Phi) is 4.93. The van der Waals surface area contributed by atoms with Gasteiger partial charge >= 0.3 is 0 Å². The topological polar surface area (TPSA) is 69.1 Å². The van der Waals surface area contributed by atoms with Gasteiger partial charge in [-0.15, -0.1) is 0 Å². The molecule has 4 nitrogen and oxygen atoms in total. The summed E-state index contributed by atoms with van der Waals surface area (Å²) in [7, 11) is 0. The van der Waals surface area contributed by atoms with Gasteiger partial charge in [0.25, 0.3) is 0 Å². The second-order valence-corrected chi connectivity index (χ2v) is 19.8. The number of hydrogen-bond acceptors (Lipinski definition) is 3. The molecule has 0 aliphatic heterocycles. The predicted octanol–water partition coefficient (Wildman–Crippen LogP) is 12.6. The zero-order chi connectivity index (χ0) is 42.1. The normalized spacial score (nSPS) is 23.8.